The molecule has 0 aliphatic carbocycles. The summed E-state index contributed by atoms with van der Waals surface area (Å²) in [5.41, 5.74) is 0.958. The maximum Gasteiger partial charge on any atom is 0.260 e. The Morgan fingerprint density at radius 1 is 1.14 bits per heavy atom. The number of hydrogen-bond acceptors (Lipinski definition) is 7. The van der Waals surface area contributed by atoms with Gasteiger partial charge in [-0.1, -0.05) is 11.3 Å². The second-order valence-electron chi connectivity index (χ2n) is 8.81. The summed E-state index contributed by atoms with van der Waals surface area (Å²) < 4.78 is 47.1. The van der Waals surface area contributed by atoms with Crippen LogP contribution < -0.4 is 4.90 Å². The lowest BCUT2D eigenvalue weighted by Crippen LogP contribution is -2.37. The molecule has 1 unspecified atom stereocenters. The first-order chi connectivity index (χ1) is 16.6. The third-order valence-electron chi connectivity index (χ3n) is 5.88. The lowest BCUT2D eigenvalue weighted by molar-refractivity contribution is 0.0978. The number of benzene rings is 2. The number of halogens is 1. The number of sulfonamides is 1. The molecule has 1 amide bonds. The number of aromatic nitrogens is 1. The summed E-state index contributed by atoms with van der Waals surface area (Å²) in [7, 11) is 1.64. The van der Waals surface area contributed by atoms with Crippen LogP contribution in [0.3, 0.4) is 0 Å². The highest BCUT2D eigenvalue weighted by Gasteiger charge is 2.27. The molecule has 11 heteroatoms. The van der Waals surface area contributed by atoms with Crippen molar-refractivity contribution in [1.82, 2.24) is 14.2 Å². The smallest absolute Gasteiger partial charge is 0.260 e. The Morgan fingerprint density at radius 2 is 1.89 bits per heavy atom. The average Bonchev–Trinajstić information content (AvgIpc) is 3.48. The minimum atomic E-state index is -3.71. The number of anilines is 1. The standard InChI is InChI=1S/C24H29FN4O4S2/c1-27(2)12-13-29(24-26-21-11-8-18(25)15-22(21)34-24)23(30)17-6-9-20(10-7-17)35(31,32)28(3)16-19-5-4-14-33-19/h6-11,15,19H,4-5,12-14,16H2,1-3H3. The summed E-state index contributed by atoms with van der Waals surface area (Å²) in [5.74, 6) is -0.664. The van der Waals surface area contributed by atoms with Gasteiger partial charge >= 0.3 is 0 Å². The summed E-state index contributed by atoms with van der Waals surface area (Å²) in [4.78, 5) is 21.6. The zero-order valence-electron chi connectivity index (χ0n) is 20.0. The van der Waals surface area contributed by atoms with E-state index < -0.39 is 10.0 Å². The molecule has 3 aromatic rings. The van der Waals surface area contributed by atoms with Gasteiger partial charge in [0.2, 0.25) is 10.0 Å². The summed E-state index contributed by atoms with van der Waals surface area (Å²) in [6.45, 7) is 1.91. The zero-order chi connectivity index (χ0) is 25.2. The lowest BCUT2D eigenvalue weighted by Gasteiger charge is -2.22. The molecule has 4 rings (SSSR count). The van der Waals surface area contributed by atoms with Gasteiger partial charge in [-0.3, -0.25) is 9.69 Å². The first-order valence-electron chi connectivity index (χ1n) is 11.4. The maximum atomic E-state index is 13.7. The number of likely N-dealkylation sites (N-methyl/N-ethyl adjacent to an activating group) is 2. The summed E-state index contributed by atoms with van der Waals surface area (Å²) in [6, 6.07) is 10.3. The SMILES string of the molecule is CN(C)CCN(C(=O)c1ccc(S(=O)(=O)N(C)CC2CCCO2)cc1)c1nc2ccc(F)cc2s1. The number of ether oxygens (including phenoxy) is 1. The van der Waals surface area contributed by atoms with Gasteiger partial charge in [-0.05, 0) is 69.4 Å². The van der Waals surface area contributed by atoms with Crippen LogP contribution in [0.2, 0.25) is 0 Å². The Labute approximate surface area is 209 Å². The number of hydrogen-bond donors (Lipinski definition) is 0. The van der Waals surface area contributed by atoms with Crippen LogP contribution in [0, 0.1) is 5.82 Å². The lowest BCUT2D eigenvalue weighted by atomic mass is 10.2. The molecule has 1 fully saturated rings. The highest BCUT2D eigenvalue weighted by molar-refractivity contribution is 7.89. The fourth-order valence-corrected chi connectivity index (χ4v) is 6.08. The van der Waals surface area contributed by atoms with Crippen LogP contribution >= 0.6 is 11.3 Å². The van der Waals surface area contributed by atoms with E-state index in [0.29, 0.717) is 47.2 Å². The third kappa shape index (κ3) is 5.87. The van der Waals surface area contributed by atoms with E-state index in [1.54, 1.807) is 11.0 Å². The number of rotatable bonds is 9. The van der Waals surface area contributed by atoms with Gasteiger partial charge in [-0.25, -0.2) is 17.8 Å². The highest BCUT2D eigenvalue weighted by Crippen LogP contribution is 2.30. The predicted octanol–water partition coefficient (Wildman–Crippen LogP) is 3.44. The van der Waals surface area contributed by atoms with Crippen LogP contribution in [-0.2, 0) is 14.8 Å². The molecule has 1 saturated heterocycles. The topological polar surface area (TPSA) is 83.1 Å². The molecule has 8 nitrogen and oxygen atoms in total. The predicted molar refractivity (Wildman–Crippen MR) is 135 cm³/mol. The molecule has 2 aromatic carbocycles. The number of carbonyl (C=O) groups excluding carboxylic acids is 1. The van der Waals surface area contributed by atoms with Crippen LogP contribution in [0.1, 0.15) is 23.2 Å². The number of nitrogens with zero attached hydrogens (tertiary/aromatic N) is 4. The highest BCUT2D eigenvalue weighted by atomic mass is 32.2. The van der Waals surface area contributed by atoms with Crippen LogP contribution in [0.5, 0.6) is 0 Å². The van der Waals surface area contributed by atoms with E-state index in [9.17, 15) is 17.6 Å². The molecular formula is C24H29FN4O4S2. The Balaban J connectivity index is 1.56. The van der Waals surface area contributed by atoms with E-state index >= 15 is 0 Å². The van der Waals surface area contributed by atoms with Crippen molar-refractivity contribution in [3.05, 3.63) is 53.8 Å². The van der Waals surface area contributed by atoms with Gasteiger partial charge in [-0.2, -0.15) is 4.31 Å². The largest absolute Gasteiger partial charge is 0.377 e. The molecule has 188 valence electrons. The van der Waals surface area contributed by atoms with E-state index in [-0.39, 0.29) is 22.7 Å². The van der Waals surface area contributed by atoms with Gasteiger partial charge < -0.3 is 9.64 Å². The first kappa shape index (κ1) is 25.6. The Kier molecular flexibility index (Phi) is 7.82. The first-order valence-corrected chi connectivity index (χ1v) is 13.6. The van der Waals surface area contributed by atoms with E-state index in [1.807, 2.05) is 19.0 Å². The van der Waals surface area contributed by atoms with Gasteiger partial charge in [0.1, 0.15) is 5.82 Å². The zero-order valence-corrected chi connectivity index (χ0v) is 21.6. The maximum absolute atomic E-state index is 13.7. The fraction of sp³-hybridized carbons (Fsp3) is 0.417. The second kappa shape index (κ2) is 10.7. The van der Waals surface area contributed by atoms with E-state index in [0.717, 1.165) is 12.8 Å². The third-order valence-corrected chi connectivity index (χ3v) is 8.76. The van der Waals surface area contributed by atoms with Gasteiger partial charge in [0.15, 0.2) is 5.13 Å². The molecule has 1 aliphatic rings. The minimum Gasteiger partial charge on any atom is -0.377 e. The van der Waals surface area contributed by atoms with E-state index in [4.69, 9.17) is 4.74 Å². The molecule has 1 atom stereocenters. The van der Waals surface area contributed by atoms with Crippen molar-refractivity contribution in [2.75, 3.05) is 52.3 Å². The number of amides is 1. The van der Waals surface area contributed by atoms with Gasteiger partial charge in [-0.15, -0.1) is 0 Å². The molecular weight excluding hydrogens is 491 g/mol. The number of carbonyl (C=O) groups is 1. The van der Waals surface area contributed by atoms with Gasteiger partial charge in [0.25, 0.3) is 5.91 Å². The monoisotopic (exact) mass is 520 g/mol. The Bertz CT molecular complexity index is 1290. The van der Waals surface area contributed by atoms with Crippen LogP contribution in [0.15, 0.2) is 47.4 Å². The summed E-state index contributed by atoms with van der Waals surface area (Å²) >= 11 is 1.24. The van der Waals surface area contributed by atoms with Crippen molar-refractivity contribution >= 4 is 42.6 Å². The van der Waals surface area contributed by atoms with Crippen molar-refractivity contribution in [1.29, 1.82) is 0 Å². The number of thiazole rings is 1. The Morgan fingerprint density at radius 3 is 2.54 bits per heavy atom. The molecule has 0 spiro atoms. The van der Waals surface area contributed by atoms with E-state index in [1.165, 1.54) is 59.1 Å². The molecule has 2 heterocycles. The summed E-state index contributed by atoms with van der Waals surface area (Å²) in [5, 5.41) is 0.463. The minimum absolute atomic E-state index is 0.0943. The molecule has 1 aromatic heterocycles. The molecule has 0 saturated carbocycles. The van der Waals surface area contributed by atoms with Crippen LogP contribution in [0.25, 0.3) is 10.2 Å². The van der Waals surface area contributed by atoms with E-state index in [2.05, 4.69) is 4.98 Å². The second-order valence-corrected chi connectivity index (χ2v) is 11.9. The fourth-order valence-electron chi connectivity index (χ4n) is 3.86. The van der Waals surface area contributed by atoms with Crippen LogP contribution in [0.4, 0.5) is 9.52 Å². The van der Waals surface area contributed by atoms with Gasteiger partial charge in [0, 0.05) is 38.9 Å². The number of fused-ring (bicyclic) bond motifs is 1. The quantitative estimate of drug-likeness (QED) is 0.430. The molecule has 0 N–H and O–H groups in total. The van der Waals surface area contributed by atoms with Crippen molar-refractivity contribution in [2.45, 2.75) is 23.8 Å². The van der Waals surface area contributed by atoms with Crippen LogP contribution in [-0.4, -0.2) is 82.0 Å². The average molecular weight is 521 g/mol. The van der Waals surface area contributed by atoms with Crippen molar-refractivity contribution in [2.24, 2.45) is 0 Å². The normalized spacial score (nSPS) is 16.5. The molecule has 0 radical (unpaired) electrons. The van der Waals surface area contributed by atoms with Crippen molar-refractivity contribution in [3.63, 3.8) is 0 Å². The van der Waals surface area contributed by atoms with Gasteiger partial charge in [0.05, 0.1) is 21.2 Å². The molecule has 1 aliphatic heterocycles. The Hall–Kier alpha value is -2.44. The molecule has 0 bridgehead atoms. The summed E-state index contributed by atoms with van der Waals surface area (Å²) in [6.07, 6.45) is 1.68. The molecule has 35 heavy (non-hydrogen) atoms. The van der Waals surface area contributed by atoms with Crippen molar-refractivity contribution in [3.8, 4) is 0 Å². The van der Waals surface area contributed by atoms with Crippen molar-refractivity contribution < 1.29 is 22.3 Å².